The Hall–Kier alpha value is -3.88. The maximum atomic E-state index is 12.7. The lowest BCUT2D eigenvalue weighted by Crippen LogP contribution is -2.63. The highest BCUT2D eigenvalue weighted by Gasteiger charge is 2.33. The number of hydrogen-bond acceptors (Lipinski definition) is 5. The summed E-state index contributed by atoms with van der Waals surface area (Å²) in [5.74, 6) is -1.36. The topological polar surface area (TPSA) is 126 Å². The van der Waals surface area contributed by atoms with E-state index in [0.717, 1.165) is 5.56 Å². The zero-order chi connectivity index (χ0) is 22.2. The highest BCUT2D eigenvalue weighted by Crippen LogP contribution is 2.14. The maximum Gasteiger partial charge on any atom is 0.408 e. The average molecular weight is 424 g/mol. The van der Waals surface area contributed by atoms with E-state index in [2.05, 4.69) is 21.3 Å². The van der Waals surface area contributed by atoms with Gasteiger partial charge in [-0.05, 0) is 18.1 Å². The van der Waals surface area contributed by atoms with Crippen molar-refractivity contribution < 1.29 is 23.9 Å². The first-order chi connectivity index (χ1) is 14.9. The zero-order valence-corrected chi connectivity index (χ0v) is 17.0. The van der Waals surface area contributed by atoms with E-state index in [4.69, 9.17) is 4.74 Å². The van der Waals surface area contributed by atoms with Gasteiger partial charge in [-0.3, -0.25) is 14.4 Å². The molecule has 1 aliphatic rings. The number of rotatable bonds is 8. The number of benzene rings is 2. The normalized spacial score (nSPS) is 16.7. The summed E-state index contributed by atoms with van der Waals surface area (Å²) in [5.41, 5.74) is 1.36. The van der Waals surface area contributed by atoms with Crippen LogP contribution in [-0.2, 0) is 25.7 Å². The van der Waals surface area contributed by atoms with Gasteiger partial charge < -0.3 is 26.0 Å². The Morgan fingerprint density at radius 2 is 1.65 bits per heavy atom. The summed E-state index contributed by atoms with van der Waals surface area (Å²) in [7, 11) is 0. The fraction of sp³-hybridized carbons (Fsp3) is 0.273. The molecule has 1 saturated heterocycles. The first-order valence-corrected chi connectivity index (χ1v) is 9.84. The average Bonchev–Trinajstić information content (AvgIpc) is 2.79. The van der Waals surface area contributed by atoms with Crippen molar-refractivity contribution in [1.29, 1.82) is 0 Å². The van der Waals surface area contributed by atoms with Crippen LogP contribution in [0.1, 0.15) is 24.1 Å². The quantitative estimate of drug-likeness (QED) is 0.466. The molecular formula is C22H24N4O5. The number of ether oxygens (including phenoxy) is 1. The van der Waals surface area contributed by atoms with Crippen molar-refractivity contribution in [3.05, 3.63) is 71.8 Å². The molecule has 162 valence electrons. The molecular weight excluding hydrogens is 400 g/mol. The van der Waals surface area contributed by atoms with E-state index in [-0.39, 0.29) is 12.5 Å². The molecule has 4 N–H and O–H groups in total. The van der Waals surface area contributed by atoms with E-state index in [0.29, 0.717) is 12.1 Å². The zero-order valence-electron chi connectivity index (χ0n) is 17.0. The number of nitrogens with one attached hydrogen (secondary N) is 4. The third kappa shape index (κ3) is 6.05. The van der Waals surface area contributed by atoms with Crippen LogP contribution < -0.4 is 21.3 Å². The smallest absolute Gasteiger partial charge is 0.408 e. The summed E-state index contributed by atoms with van der Waals surface area (Å²) in [6, 6.07) is 15.2. The van der Waals surface area contributed by atoms with Gasteiger partial charge in [0.05, 0.1) is 0 Å². The van der Waals surface area contributed by atoms with E-state index in [9.17, 15) is 19.2 Å². The molecule has 0 aliphatic carbocycles. The van der Waals surface area contributed by atoms with Crippen LogP contribution in [0.15, 0.2) is 60.7 Å². The van der Waals surface area contributed by atoms with Gasteiger partial charge in [-0.25, -0.2) is 4.79 Å². The summed E-state index contributed by atoms with van der Waals surface area (Å²) in [6.45, 7) is 1.89. The molecule has 0 radical (unpaired) electrons. The first kappa shape index (κ1) is 21.8. The van der Waals surface area contributed by atoms with Crippen LogP contribution in [0.4, 0.5) is 4.79 Å². The van der Waals surface area contributed by atoms with Crippen molar-refractivity contribution in [3.63, 3.8) is 0 Å². The van der Waals surface area contributed by atoms with Gasteiger partial charge in [-0.1, -0.05) is 60.7 Å². The summed E-state index contributed by atoms with van der Waals surface area (Å²) in [5, 5.41) is 10.2. The van der Waals surface area contributed by atoms with Gasteiger partial charge in [0.15, 0.2) is 0 Å². The number of alkyl carbamates (subject to hydrolysis) is 1. The van der Waals surface area contributed by atoms with E-state index in [1.165, 1.54) is 6.92 Å². The van der Waals surface area contributed by atoms with Crippen LogP contribution in [0, 0.1) is 0 Å². The van der Waals surface area contributed by atoms with E-state index in [1.807, 2.05) is 30.3 Å². The third-order valence-corrected chi connectivity index (χ3v) is 4.74. The van der Waals surface area contributed by atoms with Crippen LogP contribution in [0.5, 0.6) is 0 Å². The molecule has 1 aliphatic heterocycles. The third-order valence-electron chi connectivity index (χ3n) is 4.74. The summed E-state index contributed by atoms with van der Waals surface area (Å²) < 4.78 is 5.12. The minimum absolute atomic E-state index is 0.0690. The Morgan fingerprint density at radius 1 is 1.00 bits per heavy atom. The van der Waals surface area contributed by atoms with Gasteiger partial charge in [0.1, 0.15) is 24.7 Å². The highest BCUT2D eigenvalue weighted by molar-refractivity contribution is 5.96. The Balaban J connectivity index is 1.57. The molecule has 0 aromatic heterocycles. The van der Waals surface area contributed by atoms with E-state index >= 15 is 0 Å². The predicted octanol–water partition coefficient (Wildman–Crippen LogP) is 0.773. The molecule has 9 heteroatoms. The minimum Gasteiger partial charge on any atom is -0.445 e. The molecule has 1 unspecified atom stereocenters. The number of carbonyl (C=O) groups excluding carboxylic acids is 4. The Morgan fingerprint density at radius 3 is 2.23 bits per heavy atom. The van der Waals surface area contributed by atoms with Crippen LogP contribution in [0.2, 0.25) is 0 Å². The molecule has 1 heterocycles. The molecule has 4 amide bonds. The van der Waals surface area contributed by atoms with E-state index < -0.39 is 36.0 Å². The number of amides is 4. The van der Waals surface area contributed by atoms with Crippen LogP contribution in [-0.4, -0.2) is 42.4 Å². The SMILES string of the molecule is C[C@@H](NC(=O)OCc1ccccc1)C(=O)N[C@@H](C(=O)NC1CNC1=O)c1ccccc1. The lowest BCUT2D eigenvalue weighted by atomic mass is 10.0. The van der Waals surface area contributed by atoms with Gasteiger partial charge in [0, 0.05) is 6.54 Å². The van der Waals surface area contributed by atoms with E-state index in [1.54, 1.807) is 30.3 Å². The Bertz CT molecular complexity index is 935. The number of β-lactam (4-membered cyclic amide) rings is 1. The Kier molecular flexibility index (Phi) is 7.21. The molecule has 2 aromatic carbocycles. The van der Waals surface area contributed by atoms with Crippen molar-refractivity contribution in [1.82, 2.24) is 21.3 Å². The van der Waals surface area contributed by atoms with Gasteiger partial charge in [-0.15, -0.1) is 0 Å². The molecule has 0 bridgehead atoms. The molecule has 0 saturated carbocycles. The maximum absolute atomic E-state index is 12.7. The Labute approximate surface area is 179 Å². The second kappa shape index (κ2) is 10.2. The molecule has 0 spiro atoms. The van der Waals surface area contributed by atoms with Gasteiger partial charge in [0.25, 0.3) is 0 Å². The number of carbonyl (C=O) groups is 4. The largest absolute Gasteiger partial charge is 0.445 e. The van der Waals surface area contributed by atoms with Crippen LogP contribution in [0.25, 0.3) is 0 Å². The lowest BCUT2D eigenvalue weighted by Gasteiger charge is -2.29. The molecule has 3 atom stereocenters. The molecule has 1 fully saturated rings. The van der Waals surface area contributed by atoms with Crippen LogP contribution in [0.3, 0.4) is 0 Å². The number of hydrogen-bond donors (Lipinski definition) is 4. The summed E-state index contributed by atoms with van der Waals surface area (Å²) in [6.07, 6.45) is -0.752. The molecule has 3 rings (SSSR count). The predicted molar refractivity (Wildman–Crippen MR) is 111 cm³/mol. The second-order valence-electron chi connectivity index (χ2n) is 7.09. The van der Waals surface area contributed by atoms with Crippen molar-refractivity contribution >= 4 is 23.8 Å². The van der Waals surface area contributed by atoms with Crippen molar-refractivity contribution in [3.8, 4) is 0 Å². The van der Waals surface area contributed by atoms with Gasteiger partial charge in [0.2, 0.25) is 17.7 Å². The van der Waals surface area contributed by atoms with Gasteiger partial charge in [-0.2, -0.15) is 0 Å². The monoisotopic (exact) mass is 424 g/mol. The molecule has 9 nitrogen and oxygen atoms in total. The summed E-state index contributed by atoms with van der Waals surface area (Å²) >= 11 is 0. The molecule has 2 aromatic rings. The lowest BCUT2D eigenvalue weighted by molar-refractivity contribution is -0.135. The van der Waals surface area contributed by atoms with Crippen LogP contribution >= 0.6 is 0 Å². The fourth-order valence-corrected chi connectivity index (χ4v) is 2.88. The highest BCUT2D eigenvalue weighted by atomic mass is 16.5. The fourth-order valence-electron chi connectivity index (χ4n) is 2.88. The van der Waals surface area contributed by atoms with Gasteiger partial charge >= 0.3 is 6.09 Å². The molecule has 31 heavy (non-hydrogen) atoms. The summed E-state index contributed by atoms with van der Waals surface area (Å²) in [4.78, 5) is 48.8. The van der Waals surface area contributed by atoms with Crippen molar-refractivity contribution in [2.24, 2.45) is 0 Å². The second-order valence-corrected chi connectivity index (χ2v) is 7.09. The first-order valence-electron chi connectivity index (χ1n) is 9.84. The van der Waals surface area contributed by atoms with Crippen molar-refractivity contribution in [2.45, 2.75) is 31.7 Å². The minimum atomic E-state index is -1.02. The standard InChI is InChI=1S/C22H24N4O5/c1-14(24-22(30)31-13-15-8-4-2-5-9-15)19(27)26-18(16-10-6-3-7-11-16)21(29)25-17-12-23-20(17)28/h2-11,14,17-18H,12-13H2,1H3,(H,23,28)(H,24,30)(H,25,29)(H,26,27)/t14-,17?,18-/m1/s1. The van der Waals surface area contributed by atoms with Crippen molar-refractivity contribution in [2.75, 3.05) is 6.54 Å².